The van der Waals surface area contributed by atoms with Gasteiger partial charge in [0.15, 0.2) is 0 Å². The van der Waals surface area contributed by atoms with E-state index in [0.717, 1.165) is 17.9 Å². The van der Waals surface area contributed by atoms with Crippen LogP contribution in [0.2, 0.25) is 0 Å². The van der Waals surface area contributed by atoms with Crippen LogP contribution in [0.1, 0.15) is 16.8 Å². The number of para-hydroxylation sites is 1. The summed E-state index contributed by atoms with van der Waals surface area (Å²) in [4.78, 5) is 11.7. The number of benzene rings is 2. The summed E-state index contributed by atoms with van der Waals surface area (Å²) in [6, 6.07) is 12.2. The van der Waals surface area contributed by atoms with Crippen LogP contribution >= 0.6 is 0 Å². The van der Waals surface area contributed by atoms with E-state index < -0.39 is 17.5 Å². The number of ether oxygens (including phenoxy) is 1. The van der Waals surface area contributed by atoms with E-state index in [2.05, 4.69) is 5.32 Å². The molecule has 5 heteroatoms. The van der Waals surface area contributed by atoms with E-state index in [1.54, 1.807) is 0 Å². The molecular formula is C16H15F2NO2. The first-order valence-corrected chi connectivity index (χ1v) is 6.58. The second-order valence-electron chi connectivity index (χ2n) is 4.40. The van der Waals surface area contributed by atoms with E-state index in [-0.39, 0.29) is 5.56 Å². The standard InChI is InChI=1S/C16H15F2NO2/c17-12-7-8-14(15(18)11-12)16(20)19-9-4-10-21-13-5-2-1-3-6-13/h1-3,5-8,11H,4,9-10H2,(H,19,20). The summed E-state index contributed by atoms with van der Waals surface area (Å²) in [5.41, 5.74) is -0.166. The third-order valence-corrected chi connectivity index (χ3v) is 2.79. The fourth-order valence-electron chi connectivity index (χ4n) is 1.75. The van der Waals surface area contributed by atoms with Crippen molar-refractivity contribution in [3.8, 4) is 5.75 Å². The van der Waals surface area contributed by atoms with Crippen LogP contribution in [0.25, 0.3) is 0 Å². The summed E-state index contributed by atoms with van der Waals surface area (Å²) in [6.45, 7) is 0.790. The zero-order valence-corrected chi connectivity index (χ0v) is 11.3. The van der Waals surface area contributed by atoms with Crippen LogP contribution < -0.4 is 10.1 Å². The van der Waals surface area contributed by atoms with E-state index in [0.29, 0.717) is 25.6 Å². The molecule has 0 spiro atoms. The minimum absolute atomic E-state index is 0.166. The molecule has 2 aromatic rings. The van der Waals surface area contributed by atoms with Gasteiger partial charge in [-0.2, -0.15) is 0 Å². The third kappa shape index (κ3) is 4.56. The molecule has 0 atom stereocenters. The highest BCUT2D eigenvalue weighted by molar-refractivity contribution is 5.94. The molecule has 0 aliphatic heterocycles. The average Bonchev–Trinajstić information content (AvgIpc) is 2.47. The Bertz CT molecular complexity index is 602. The van der Waals surface area contributed by atoms with E-state index in [4.69, 9.17) is 4.74 Å². The Morgan fingerprint density at radius 1 is 1.10 bits per heavy atom. The zero-order valence-electron chi connectivity index (χ0n) is 11.3. The van der Waals surface area contributed by atoms with Gasteiger partial charge in [0, 0.05) is 12.6 Å². The molecule has 0 aliphatic rings. The molecule has 2 aromatic carbocycles. The number of rotatable bonds is 6. The molecule has 110 valence electrons. The van der Waals surface area contributed by atoms with Gasteiger partial charge in [0.1, 0.15) is 17.4 Å². The van der Waals surface area contributed by atoms with Crippen LogP contribution in [0.15, 0.2) is 48.5 Å². The Kier molecular flexibility index (Phi) is 5.26. The smallest absolute Gasteiger partial charge is 0.254 e. The fraction of sp³-hybridized carbons (Fsp3) is 0.188. The Hall–Kier alpha value is -2.43. The average molecular weight is 291 g/mol. The lowest BCUT2D eigenvalue weighted by atomic mass is 10.2. The molecule has 1 N–H and O–H groups in total. The summed E-state index contributed by atoms with van der Waals surface area (Å²) < 4.78 is 31.6. The number of carbonyl (C=O) groups excluding carboxylic acids is 1. The first kappa shape index (κ1) is 15.0. The van der Waals surface area contributed by atoms with Crippen molar-refractivity contribution in [2.45, 2.75) is 6.42 Å². The van der Waals surface area contributed by atoms with E-state index in [9.17, 15) is 13.6 Å². The summed E-state index contributed by atoms with van der Waals surface area (Å²) >= 11 is 0. The maximum atomic E-state index is 13.4. The first-order valence-electron chi connectivity index (χ1n) is 6.58. The van der Waals surface area contributed by atoms with Gasteiger partial charge in [0.25, 0.3) is 5.91 Å². The van der Waals surface area contributed by atoms with E-state index in [1.165, 1.54) is 0 Å². The normalized spacial score (nSPS) is 10.2. The van der Waals surface area contributed by atoms with Gasteiger partial charge in [-0.3, -0.25) is 4.79 Å². The topological polar surface area (TPSA) is 38.3 Å². The van der Waals surface area contributed by atoms with Gasteiger partial charge in [-0.25, -0.2) is 8.78 Å². The minimum Gasteiger partial charge on any atom is -0.494 e. The highest BCUT2D eigenvalue weighted by Gasteiger charge is 2.11. The molecule has 0 bridgehead atoms. The van der Waals surface area contributed by atoms with Crippen LogP contribution in [0, 0.1) is 11.6 Å². The number of hydrogen-bond donors (Lipinski definition) is 1. The van der Waals surface area contributed by atoms with Crippen LogP contribution in [-0.2, 0) is 0 Å². The van der Waals surface area contributed by atoms with Crippen LogP contribution in [-0.4, -0.2) is 19.1 Å². The molecule has 0 aliphatic carbocycles. The molecule has 0 heterocycles. The number of amides is 1. The van der Waals surface area contributed by atoms with Crippen LogP contribution in [0.5, 0.6) is 5.75 Å². The van der Waals surface area contributed by atoms with Crippen molar-refractivity contribution in [1.29, 1.82) is 0 Å². The van der Waals surface area contributed by atoms with Crippen molar-refractivity contribution in [2.24, 2.45) is 0 Å². The summed E-state index contributed by atoms with van der Waals surface area (Å²) in [7, 11) is 0. The molecule has 3 nitrogen and oxygen atoms in total. The SMILES string of the molecule is O=C(NCCCOc1ccccc1)c1ccc(F)cc1F. The van der Waals surface area contributed by atoms with Crippen molar-refractivity contribution < 1.29 is 18.3 Å². The number of carbonyl (C=O) groups is 1. The minimum atomic E-state index is -0.868. The van der Waals surface area contributed by atoms with E-state index in [1.807, 2.05) is 30.3 Å². The van der Waals surface area contributed by atoms with Crippen molar-refractivity contribution in [2.75, 3.05) is 13.2 Å². The Labute approximate surface area is 121 Å². The molecule has 2 rings (SSSR count). The first-order chi connectivity index (χ1) is 10.2. The van der Waals surface area contributed by atoms with Gasteiger partial charge in [-0.05, 0) is 30.7 Å². The summed E-state index contributed by atoms with van der Waals surface area (Å²) in [5.74, 6) is -1.38. The molecular weight excluding hydrogens is 276 g/mol. The Morgan fingerprint density at radius 2 is 1.86 bits per heavy atom. The van der Waals surface area contributed by atoms with Gasteiger partial charge in [-0.15, -0.1) is 0 Å². The highest BCUT2D eigenvalue weighted by Crippen LogP contribution is 2.10. The highest BCUT2D eigenvalue weighted by atomic mass is 19.1. The maximum Gasteiger partial charge on any atom is 0.254 e. The van der Waals surface area contributed by atoms with Crippen molar-refractivity contribution >= 4 is 5.91 Å². The quantitative estimate of drug-likeness (QED) is 0.830. The number of hydrogen-bond acceptors (Lipinski definition) is 2. The lowest BCUT2D eigenvalue weighted by molar-refractivity contribution is 0.0947. The summed E-state index contributed by atoms with van der Waals surface area (Å²) in [5, 5.41) is 2.56. The second-order valence-corrected chi connectivity index (χ2v) is 4.40. The van der Waals surface area contributed by atoms with Gasteiger partial charge in [-0.1, -0.05) is 18.2 Å². The predicted molar refractivity (Wildman–Crippen MR) is 75.2 cm³/mol. The van der Waals surface area contributed by atoms with E-state index >= 15 is 0 Å². The van der Waals surface area contributed by atoms with Gasteiger partial charge in [0.05, 0.1) is 12.2 Å². The largest absolute Gasteiger partial charge is 0.494 e. The molecule has 21 heavy (non-hydrogen) atoms. The third-order valence-electron chi connectivity index (χ3n) is 2.79. The number of nitrogens with one attached hydrogen (secondary N) is 1. The molecule has 0 saturated carbocycles. The molecule has 0 saturated heterocycles. The second kappa shape index (κ2) is 7.38. The Morgan fingerprint density at radius 3 is 2.57 bits per heavy atom. The summed E-state index contributed by atoms with van der Waals surface area (Å²) in [6.07, 6.45) is 0.587. The lowest BCUT2D eigenvalue weighted by Crippen LogP contribution is -2.26. The number of halogens is 2. The van der Waals surface area contributed by atoms with Crippen molar-refractivity contribution in [3.63, 3.8) is 0 Å². The van der Waals surface area contributed by atoms with Gasteiger partial charge < -0.3 is 10.1 Å². The van der Waals surface area contributed by atoms with Crippen molar-refractivity contribution in [1.82, 2.24) is 5.32 Å². The molecule has 0 unspecified atom stereocenters. The monoisotopic (exact) mass is 291 g/mol. The van der Waals surface area contributed by atoms with Crippen molar-refractivity contribution in [3.05, 3.63) is 65.7 Å². The fourth-order valence-corrected chi connectivity index (χ4v) is 1.75. The molecule has 0 aromatic heterocycles. The molecule has 0 fully saturated rings. The zero-order chi connectivity index (χ0) is 15.1. The predicted octanol–water partition coefficient (Wildman–Crippen LogP) is 3.16. The molecule has 0 radical (unpaired) electrons. The van der Waals surface area contributed by atoms with Gasteiger partial charge >= 0.3 is 0 Å². The van der Waals surface area contributed by atoms with Crippen LogP contribution in [0.3, 0.4) is 0 Å². The Balaban J connectivity index is 1.72. The molecule has 1 amide bonds. The van der Waals surface area contributed by atoms with Crippen LogP contribution in [0.4, 0.5) is 8.78 Å². The lowest BCUT2D eigenvalue weighted by Gasteiger charge is -2.08. The maximum absolute atomic E-state index is 13.4. The van der Waals surface area contributed by atoms with Gasteiger partial charge in [0.2, 0.25) is 0 Å².